The molecule has 0 radical (unpaired) electrons. The summed E-state index contributed by atoms with van der Waals surface area (Å²) in [5.41, 5.74) is 7.45. The average Bonchev–Trinajstić information content (AvgIpc) is 2.82. The maximum Gasteiger partial charge on any atom is 0.147 e. The van der Waals surface area contributed by atoms with Gasteiger partial charge in [0, 0.05) is 20.0 Å². The Morgan fingerprint density at radius 3 is 2.94 bits per heavy atom. The second-order valence-electron chi connectivity index (χ2n) is 3.73. The molecular weight excluding hydrogens is 204 g/mol. The van der Waals surface area contributed by atoms with Crippen LogP contribution in [0.3, 0.4) is 0 Å². The minimum Gasteiger partial charge on any atom is -0.469 e. The summed E-state index contributed by atoms with van der Waals surface area (Å²) in [7, 11) is 1.87. The molecule has 86 valence electrons. The van der Waals surface area contributed by atoms with Gasteiger partial charge in [0.15, 0.2) is 0 Å². The second-order valence-corrected chi connectivity index (χ2v) is 3.73. The van der Waals surface area contributed by atoms with Crippen molar-refractivity contribution in [1.82, 2.24) is 9.78 Å². The zero-order valence-corrected chi connectivity index (χ0v) is 9.53. The lowest BCUT2D eigenvalue weighted by atomic mass is 10.3. The Morgan fingerprint density at radius 2 is 2.38 bits per heavy atom. The first-order valence-corrected chi connectivity index (χ1v) is 5.24. The lowest BCUT2D eigenvalue weighted by Crippen LogP contribution is -2.09. The zero-order chi connectivity index (χ0) is 11.5. The second kappa shape index (κ2) is 4.30. The van der Waals surface area contributed by atoms with Crippen LogP contribution >= 0.6 is 0 Å². The normalized spacial score (nSPS) is 10.6. The third-order valence-corrected chi connectivity index (χ3v) is 2.51. The van der Waals surface area contributed by atoms with E-state index in [4.69, 9.17) is 10.2 Å². The van der Waals surface area contributed by atoms with E-state index in [1.807, 2.05) is 26.1 Å². The summed E-state index contributed by atoms with van der Waals surface area (Å²) < 4.78 is 7.00. The van der Waals surface area contributed by atoms with Crippen molar-refractivity contribution in [3.05, 3.63) is 29.9 Å². The molecule has 0 atom stereocenters. The maximum absolute atomic E-state index is 5.89. The predicted molar refractivity (Wildman–Crippen MR) is 63.3 cm³/mol. The number of nitrogen functional groups attached to an aromatic ring is 1. The van der Waals surface area contributed by atoms with Crippen LogP contribution in [0.15, 0.2) is 22.8 Å². The van der Waals surface area contributed by atoms with Gasteiger partial charge in [0.1, 0.15) is 11.6 Å². The van der Waals surface area contributed by atoms with Gasteiger partial charge < -0.3 is 15.5 Å². The van der Waals surface area contributed by atoms with Gasteiger partial charge in [0.2, 0.25) is 0 Å². The van der Waals surface area contributed by atoms with E-state index in [2.05, 4.69) is 10.4 Å². The van der Waals surface area contributed by atoms with E-state index in [1.54, 1.807) is 10.9 Å². The first-order valence-electron chi connectivity index (χ1n) is 5.24. The monoisotopic (exact) mass is 220 g/mol. The van der Waals surface area contributed by atoms with E-state index in [1.165, 1.54) is 0 Å². The van der Waals surface area contributed by atoms with Gasteiger partial charge in [-0.3, -0.25) is 4.68 Å². The largest absolute Gasteiger partial charge is 0.469 e. The van der Waals surface area contributed by atoms with Gasteiger partial charge in [-0.25, -0.2) is 0 Å². The average molecular weight is 220 g/mol. The Kier molecular flexibility index (Phi) is 2.85. The van der Waals surface area contributed by atoms with Gasteiger partial charge in [0.25, 0.3) is 0 Å². The van der Waals surface area contributed by atoms with Crippen molar-refractivity contribution in [3.8, 4) is 0 Å². The first-order chi connectivity index (χ1) is 7.68. The van der Waals surface area contributed by atoms with Crippen LogP contribution in [0.25, 0.3) is 0 Å². The Balaban J connectivity index is 1.95. The van der Waals surface area contributed by atoms with Crippen LogP contribution in [0.1, 0.15) is 11.5 Å². The number of nitrogens with zero attached hydrogens (tertiary/aromatic N) is 2. The Hall–Kier alpha value is -1.91. The fourth-order valence-electron chi connectivity index (χ4n) is 1.64. The molecule has 5 nitrogen and oxygen atoms in total. The quantitative estimate of drug-likeness (QED) is 0.820. The highest BCUT2D eigenvalue weighted by atomic mass is 16.3. The predicted octanol–water partition coefficient (Wildman–Crippen LogP) is 1.56. The molecule has 0 fully saturated rings. The van der Waals surface area contributed by atoms with Crippen molar-refractivity contribution in [1.29, 1.82) is 0 Å². The SMILES string of the molecule is Cc1nn(C)c(NCCc2ccco2)c1N. The highest BCUT2D eigenvalue weighted by Gasteiger charge is 2.08. The lowest BCUT2D eigenvalue weighted by molar-refractivity contribution is 0.512. The van der Waals surface area contributed by atoms with Crippen molar-refractivity contribution in [2.45, 2.75) is 13.3 Å². The Morgan fingerprint density at radius 1 is 1.56 bits per heavy atom. The molecule has 3 N–H and O–H groups in total. The van der Waals surface area contributed by atoms with E-state index in [0.29, 0.717) is 5.69 Å². The van der Waals surface area contributed by atoms with Gasteiger partial charge in [-0.05, 0) is 19.1 Å². The molecule has 0 aromatic carbocycles. The summed E-state index contributed by atoms with van der Waals surface area (Å²) in [6.45, 7) is 2.67. The van der Waals surface area contributed by atoms with E-state index in [9.17, 15) is 0 Å². The minimum absolute atomic E-state index is 0.710. The molecule has 5 heteroatoms. The molecule has 0 aliphatic rings. The van der Waals surface area contributed by atoms with Crippen LogP contribution in [0.2, 0.25) is 0 Å². The minimum atomic E-state index is 0.710. The Bertz CT molecular complexity index is 459. The fourth-order valence-corrected chi connectivity index (χ4v) is 1.64. The molecule has 0 spiro atoms. The third kappa shape index (κ3) is 2.03. The molecule has 0 bridgehead atoms. The van der Waals surface area contributed by atoms with Crippen molar-refractivity contribution < 1.29 is 4.42 Å². The number of aryl methyl sites for hydroxylation is 2. The van der Waals surface area contributed by atoms with Gasteiger partial charge >= 0.3 is 0 Å². The Labute approximate surface area is 94.2 Å². The summed E-state index contributed by atoms with van der Waals surface area (Å²) in [6, 6.07) is 3.84. The van der Waals surface area contributed by atoms with Crippen LogP contribution in [0.5, 0.6) is 0 Å². The molecule has 0 unspecified atom stereocenters. The van der Waals surface area contributed by atoms with Crippen molar-refractivity contribution in [2.24, 2.45) is 7.05 Å². The molecule has 0 amide bonds. The standard InChI is InChI=1S/C11H16N4O/c1-8-10(12)11(15(2)14-8)13-6-5-9-4-3-7-16-9/h3-4,7,13H,5-6,12H2,1-2H3. The number of aromatic nitrogens is 2. The van der Waals surface area contributed by atoms with Crippen LogP contribution in [0.4, 0.5) is 11.5 Å². The van der Waals surface area contributed by atoms with Crippen LogP contribution < -0.4 is 11.1 Å². The van der Waals surface area contributed by atoms with Gasteiger partial charge in [-0.15, -0.1) is 0 Å². The van der Waals surface area contributed by atoms with Crippen molar-refractivity contribution in [3.63, 3.8) is 0 Å². The van der Waals surface area contributed by atoms with Gasteiger partial charge in [0.05, 0.1) is 17.6 Å². The molecule has 2 aromatic heterocycles. The number of furan rings is 1. The van der Waals surface area contributed by atoms with Gasteiger partial charge in [-0.2, -0.15) is 5.10 Å². The summed E-state index contributed by atoms with van der Waals surface area (Å²) in [6.07, 6.45) is 2.51. The summed E-state index contributed by atoms with van der Waals surface area (Å²) in [5.74, 6) is 1.83. The van der Waals surface area contributed by atoms with Crippen LogP contribution in [0, 0.1) is 6.92 Å². The molecule has 0 saturated carbocycles. The summed E-state index contributed by atoms with van der Waals surface area (Å²) >= 11 is 0. The number of anilines is 2. The number of rotatable bonds is 4. The molecule has 0 aliphatic carbocycles. The number of nitrogens with one attached hydrogen (secondary N) is 1. The van der Waals surface area contributed by atoms with E-state index >= 15 is 0 Å². The fraction of sp³-hybridized carbons (Fsp3) is 0.364. The summed E-state index contributed by atoms with van der Waals surface area (Å²) in [5, 5.41) is 7.49. The van der Waals surface area contributed by atoms with E-state index < -0.39 is 0 Å². The zero-order valence-electron chi connectivity index (χ0n) is 9.53. The highest BCUT2D eigenvalue weighted by Crippen LogP contribution is 2.20. The number of hydrogen-bond donors (Lipinski definition) is 2. The van der Waals surface area contributed by atoms with E-state index in [-0.39, 0.29) is 0 Å². The molecule has 2 heterocycles. The third-order valence-electron chi connectivity index (χ3n) is 2.51. The molecule has 0 saturated heterocycles. The van der Waals surface area contributed by atoms with Crippen LogP contribution in [-0.2, 0) is 13.5 Å². The molecule has 16 heavy (non-hydrogen) atoms. The summed E-state index contributed by atoms with van der Waals surface area (Å²) in [4.78, 5) is 0. The lowest BCUT2D eigenvalue weighted by Gasteiger charge is -2.06. The topological polar surface area (TPSA) is 69.0 Å². The maximum atomic E-state index is 5.89. The number of nitrogens with two attached hydrogens (primary N) is 1. The molecular formula is C11H16N4O. The van der Waals surface area contributed by atoms with Crippen molar-refractivity contribution in [2.75, 3.05) is 17.6 Å². The first kappa shape index (κ1) is 10.6. The molecule has 2 rings (SSSR count). The highest BCUT2D eigenvalue weighted by molar-refractivity contribution is 5.64. The van der Waals surface area contributed by atoms with Gasteiger partial charge in [-0.1, -0.05) is 0 Å². The van der Waals surface area contributed by atoms with Crippen LogP contribution in [-0.4, -0.2) is 16.3 Å². The van der Waals surface area contributed by atoms with E-state index in [0.717, 1.165) is 30.2 Å². The number of hydrogen-bond acceptors (Lipinski definition) is 4. The molecule has 0 aliphatic heterocycles. The molecule has 2 aromatic rings. The van der Waals surface area contributed by atoms with Crippen molar-refractivity contribution >= 4 is 11.5 Å². The smallest absolute Gasteiger partial charge is 0.147 e.